The number of rotatable bonds is 4. The van der Waals surface area contributed by atoms with Gasteiger partial charge in [-0.1, -0.05) is 19.3 Å². The van der Waals surface area contributed by atoms with Gasteiger partial charge in [-0.3, -0.25) is 4.79 Å². The van der Waals surface area contributed by atoms with E-state index < -0.39 is 21.1 Å². The van der Waals surface area contributed by atoms with Crippen LogP contribution >= 0.6 is 0 Å². The van der Waals surface area contributed by atoms with Crippen LogP contribution in [-0.4, -0.2) is 30.5 Å². The highest BCUT2D eigenvalue weighted by molar-refractivity contribution is 7.92. The standard InChI is InChI=1S/C10H18O4S/c1-8(10(11)12)15(13,14)7-9-5-3-2-4-6-9/h8-9H,2-7H2,1H3,(H,11,12). The topological polar surface area (TPSA) is 71.4 Å². The predicted molar refractivity (Wildman–Crippen MR) is 57.5 cm³/mol. The highest BCUT2D eigenvalue weighted by Crippen LogP contribution is 2.25. The van der Waals surface area contributed by atoms with Crippen molar-refractivity contribution in [3.05, 3.63) is 0 Å². The average molecular weight is 234 g/mol. The minimum absolute atomic E-state index is 0.0421. The highest BCUT2D eigenvalue weighted by atomic mass is 32.2. The van der Waals surface area contributed by atoms with Crippen molar-refractivity contribution >= 4 is 15.8 Å². The monoisotopic (exact) mass is 234 g/mol. The summed E-state index contributed by atoms with van der Waals surface area (Å²) in [5.41, 5.74) is 0. The normalized spacial score (nSPS) is 21.1. The summed E-state index contributed by atoms with van der Waals surface area (Å²) >= 11 is 0. The van der Waals surface area contributed by atoms with Crippen LogP contribution in [0.4, 0.5) is 0 Å². The molecule has 1 atom stereocenters. The Balaban J connectivity index is 2.58. The van der Waals surface area contributed by atoms with E-state index in [1.807, 2.05) is 0 Å². The molecule has 0 heterocycles. The molecule has 0 radical (unpaired) electrons. The Hall–Kier alpha value is -0.580. The Morgan fingerprint density at radius 1 is 1.33 bits per heavy atom. The number of carboxylic acids is 1. The third-order valence-electron chi connectivity index (χ3n) is 3.08. The largest absolute Gasteiger partial charge is 0.480 e. The zero-order valence-electron chi connectivity index (χ0n) is 8.98. The van der Waals surface area contributed by atoms with E-state index in [0.717, 1.165) is 25.7 Å². The quantitative estimate of drug-likeness (QED) is 0.799. The first-order valence-corrected chi connectivity index (χ1v) is 7.09. The maximum atomic E-state index is 11.7. The van der Waals surface area contributed by atoms with Crippen molar-refractivity contribution in [2.24, 2.45) is 5.92 Å². The fourth-order valence-corrected chi connectivity index (χ4v) is 3.57. The van der Waals surface area contributed by atoms with Gasteiger partial charge in [-0.05, 0) is 25.7 Å². The van der Waals surface area contributed by atoms with Gasteiger partial charge in [0.25, 0.3) is 0 Å². The molecule has 0 aromatic heterocycles. The lowest BCUT2D eigenvalue weighted by Crippen LogP contribution is -2.32. The van der Waals surface area contributed by atoms with Gasteiger partial charge in [-0.25, -0.2) is 8.42 Å². The van der Waals surface area contributed by atoms with Gasteiger partial charge in [0.15, 0.2) is 15.1 Å². The van der Waals surface area contributed by atoms with Gasteiger partial charge in [0, 0.05) is 0 Å². The molecule has 15 heavy (non-hydrogen) atoms. The zero-order valence-corrected chi connectivity index (χ0v) is 9.79. The van der Waals surface area contributed by atoms with Crippen molar-refractivity contribution in [3.8, 4) is 0 Å². The number of hydrogen-bond acceptors (Lipinski definition) is 3. The van der Waals surface area contributed by atoms with Crippen molar-refractivity contribution in [3.63, 3.8) is 0 Å². The van der Waals surface area contributed by atoms with E-state index in [-0.39, 0.29) is 11.7 Å². The van der Waals surface area contributed by atoms with Gasteiger partial charge in [-0.2, -0.15) is 0 Å². The Labute approximate surface area is 90.6 Å². The lowest BCUT2D eigenvalue weighted by atomic mass is 9.91. The lowest BCUT2D eigenvalue weighted by molar-refractivity contribution is -0.136. The second-order valence-electron chi connectivity index (χ2n) is 4.31. The van der Waals surface area contributed by atoms with Gasteiger partial charge >= 0.3 is 5.97 Å². The van der Waals surface area contributed by atoms with Crippen molar-refractivity contribution in [2.75, 3.05) is 5.75 Å². The molecule has 0 spiro atoms. The van der Waals surface area contributed by atoms with E-state index in [1.165, 1.54) is 13.3 Å². The molecule has 5 heteroatoms. The molecule has 1 saturated carbocycles. The average Bonchev–Trinajstić information content (AvgIpc) is 2.17. The predicted octanol–water partition coefficient (Wildman–Crippen LogP) is 1.45. The first-order valence-electron chi connectivity index (χ1n) is 5.38. The smallest absolute Gasteiger partial charge is 0.321 e. The summed E-state index contributed by atoms with van der Waals surface area (Å²) in [6.07, 6.45) is 5.16. The van der Waals surface area contributed by atoms with Crippen LogP contribution in [0.5, 0.6) is 0 Å². The van der Waals surface area contributed by atoms with E-state index >= 15 is 0 Å². The van der Waals surface area contributed by atoms with Gasteiger partial charge in [-0.15, -0.1) is 0 Å². The second kappa shape index (κ2) is 4.96. The fourth-order valence-electron chi connectivity index (χ4n) is 1.98. The molecule has 1 rings (SSSR count). The van der Waals surface area contributed by atoms with Crippen molar-refractivity contribution in [2.45, 2.75) is 44.3 Å². The van der Waals surface area contributed by atoms with Gasteiger partial charge in [0.2, 0.25) is 0 Å². The molecule has 4 nitrogen and oxygen atoms in total. The van der Waals surface area contributed by atoms with Crippen molar-refractivity contribution < 1.29 is 18.3 Å². The minimum Gasteiger partial charge on any atom is -0.480 e. The van der Waals surface area contributed by atoms with Crippen LogP contribution in [0, 0.1) is 5.92 Å². The molecule has 0 aromatic rings. The first-order chi connectivity index (χ1) is 6.93. The zero-order chi connectivity index (χ0) is 11.5. The Morgan fingerprint density at radius 2 is 1.87 bits per heavy atom. The minimum atomic E-state index is -3.46. The molecule has 1 N–H and O–H groups in total. The number of sulfone groups is 1. The molecule has 1 fully saturated rings. The molecular formula is C10H18O4S. The first kappa shape index (κ1) is 12.5. The van der Waals surface area contributed by atoms with Crippen molar-refractivity contribution in [1.29, 1.82) is 0 Å². The maximum Gasteiger partial charge on any atom is 0.321 e. The maximum absolute atomic E-state index is 11.7. The van der Waals surface area contributed by atoms with E-state index in [4.69, 9.17) is 5.11 Å². The summed E-state index contributed by atoms with van der Waals surface area (Å²) in [4.78, 5) is 10.6. The van der Waals surface area contributed by atoms with Crippen LogP contribution in [0.3, 0.4) is 0 Å². The Kier molecular flexibility index (Phi) is 4.13. The van der Waals surface area contributed by atoms with Crippen molar-refractivity contribution in [1.82, 2.24) is 0 Å². The number of carbonyl (C=O) groups is 1. The molecule has 1 aliphatic carbocycles. The number of aliphatic carboxylic acids is 1. The van der Waals surface area contributed by atoms with Gasteiger partial charge in [0.1, 0.15) is 0 Å². The van der Waals surface area contributed by atoms with Crippen LogP contribution in [0.25, 0.3) is 0 Å². The molecule has 0 aliphatic heterocycles. The summed E-state index contributed by atoms with van der Waals surface area (Å²) < 4.78 is 23.3. The third-order valence-corrected chi connectivity index (χ3v) is 5.29. The molecule has 0 aromatic carbocycles. The fraction of sp³-hybridized carbons (Fsp3) is 0.900. The van der Waals surface area contributed by atoms with E-state index in [9.17, 15) is 13.2 Å². The van der Waals surface area contributed by atoms with Crippen LogP contribution < -0.4 is 0 Å². The molecule has 0 amide bonds. The van der Waals surface area contributed by atoms with Crippen LogP contribution in [0.2, 0.25) is 0 Å². The molecule has 0 bridgehead atoms. The summed E-state index contributed by atoms with van der Waals surface area (Å²) in [7, 11) is -3.46. The third kappa shape index (κ3) is 3.48. The van der Waals surface area contributed by atoms with Crippen LogP contribution in [-0.2, 0) is 14.6 Å². The number of carboxylic acid groups (broad SMARTS) is 1. The lowest BCUT2D eigenvalue weighted by Gasteiger charge is -2.22. The summed E-state index contributed by atoms with van der Waals surface area (Å²) in [5.74, 6) is -1.03. The van der Waals surface area contributed by atoms with Crippen LogP contribution in [0.1, 0.15) is 39.0 Å². The number of hydrogen-bond donors (Lipinski definition) is 1. The highest BCUT2D eigenvalue weighted by Gasteiger charge is 2.30. The second-order valence-corrected chi connectivity index (χ2v) is 6.68. The van der Waals surface area contributed by atoms with Gasteiger partial charge in [0.05, 0.1) is 5.75 Å². The van der Waals surface area contributed by atoms with E-state index in [1.54, 1.807) is 0 Å². The summed E-state index contributed by atoms with van der Waals surface area (Å²) in [6.45, 7) is 1.25. The van der Waals surface area contributed by atoms with E-state index in [0.29, 0.717) is 0 Å². The van der Waals surface area contributed by atoms with Crippen LogP contribution in [0.15, 0.2) is 0 Å². The molecule has 1 aliphatic rings. The summed E-state index contributed by atoms with van der Waals surface area (Å²) in [6, 6.07) is 0. The van der Waals surface area contributed by atoms with E-state index in [2.05, 4.69) is 0 Å². The Bertz CT molecular complexity index is 314. The molecule has 0 saturated heterocycles. The Morgan fingerprint density at radius 3 is 2.33 bits per heavy atom. The van der Waals surface area contributed by atoms with Gasteiger partial charge < -0.3 is 5.11 Å². The molecule has 1 unspecified atom stereocenters. The molecular weight excluding hydrogens is 216 g/mol. The summed E-state index contributed by atoms with van der Waals surface area (Å²) in [5, 5.41) is 7.40. The molecule has 88 valence electrons. The SMILES string of the molecule is CC(C(=O)O)S(=O)(=O)CC1CCCCC1.